The summed E-state index contributed by atoms with van der Waals surface area (Å²) in [5, 5.41) is 0. The van der Waals surface area contributed by atoms with Crippen molar-refractivity contribution in [3.8, 4) is 11.1 Å². The van der Waals surface area contributed by atoms with Crippen LogP contribution >= 0.6 is 44.1 Å². The van der Waals surface area contributed by atoms with E-state index in [1.165, 1.54) is 33.7 Å². The number of benzene rings is 4. The summed E-state index contributed by atoms with van der Waals surface area (Å²) in [7, 11) is 25.2. The molecule has 0 fully saturated rings. The minimum absolute atomic E-state index is 0. The molecule has 0 amide bonds. The molecule has 0 N–H and O–H groups in total. The summed E-state index contributed by atoms with van der Waals surface area (Å²) < 4.78 is 0. The number of rotatable bonds is 4. The Bertz CT molecular complexity index is 1020. The van der Waals surface area contributed by atoms with E-state index < -0.39 is 11.7 Å². The van der Waals surface area contributed by atoms with Crippen molar-refractivity contribution in [1.29, 1.82) is 0 Å². The fraction of sp³-hybridized carbons (Fsp3) is 0. The largest absolute Gasteiger partial charge is 0.0631 e. The summed E-state index contributed by atoms with van der Waals surface area (Å²) in [5.41, 5.74) is 6.19. The van der Waals surface area contributed by atoms with Gasteiger partial charge in [0.05, 0.1) is 22.6 Å². The van der Waals surface area contributed by atoms with Gasteiger partial charge in [-0.25, -0.2) is 0 Å². The van der Waals surface area contributed by atoms with Gasteiger partial charge in [0.1, 0.15) is 0 Å². The number of hydrogen-bond donors (Lipinski definition) is 0. The van der Waals surface area contributed by atoms with Crippen LogP contribution in [-0.2, 0) is 0 Å². The molecule has 0 aliphatic rings. The molecule has 0 aliphatic heterocycles. The summed E-state index contributed by atoms with van der Waals surface area (Å²) in [5.74, 6) is 1.26. The molecule has 0 bridgehead atoms. The Morgan fingerprint density at radius 2 is 0.688 bits per heavy atom. The molecule has 0 spiro atoms. The Labute approximate surface area is 215 Å². The molecule has 0 radical (unpaired) electrons. The molecule has 166 valence electrons. The average Bonchev–Trinajstić information content (AvgIpc) is 2.75. The molecule has 0 aromatic heterocycles. The third-order valence-electron chi connectivity index (χ3n) is 4.41. The van der Waals surface area contributed by atoms with Crippen LogP contribution < -0.4 is 12.4 Å². The summed E-state index contributed by atoms with van der Waals surface area (Å²) in [6.07, 6.45) is 0. The van der Waals surface area contributed by atoms with Gasteiger partial charge in [0.15, 0.2) is 0 Å². The Morgan fingerprint density at radius 3 is 1.06 bits per heavy atom. The van der Waals surface area contributed by atoms with E-state index in [4.69, 9.17) is 44.1 Å². The van der Waals surface area contributed by atoms with Gasteiger partial charge in [0.2, 0.25) is 0 Å². The van der Waals surface area contributed by atoms with Crippen molar-refractivity contribution in [2.45, 2.75) is 0 Å². The van der Waals surface area contributed by atoms with Gasteiger partial charge < -0.3 is 12.4 Å². The molecule has 0 unspecified atom stereocenters. The Hall–Kier alpha value is -0.692. The molecule has 4 rings (SSSR count). The van der Waals surface area contributed by atoms with Crippen molar-refractivity contribution in [1.82, 2.24) is 0 Å². The number of hydrogen-bond acceptors (Lipinski definition) is 0. The molecule has 7 heteroatoms. The van der Waals surface area contributed by atoms with E-state index >= 15 is 0 Å². The molecule has 4 aromatic carbocycles. The number of halogens is 6. The van der Waals surface area contributed by atoms with Gasteiger partial charge in [-0.3, -0.25) is 0 Å². The molecule has 0 aliphatic carbocycles. The van der Waals surface area contributed by atoms with Crippen molar-refractivity contribution in [2.75, 3.05) is 0 Å². The van der Waals surface area contributed by atoms with Crippen molar-refractivity contribution in [2.24, 2.45) is 0 Å². The van der Waals surface area contributed by atoms with E-state index in [0.29, 0.717) is 0 Å². The predicted molar refractivity (Wildman–Crippen MR) is 140 cm³/mol. The van der Waals surface area contributed by atoms with Crippen molar-refractivity contribution in [3.63, 3.8) is 0 Å². The fourth-order valence-electron chi connectivity index (χ4n) is 3.17. The first-order chi connectivity index (χ1) is 14.7. The third kappa shape index (κ3) is 9.66. The first-order valence-corrected chi connectivity index (χ1v) is 25.6. The maximum absolute atomic E-state index is 5.05. The SMILES string of the molecule is [Cl-].[Cl][Sb]([Cl])([Cl])([Cl])[Cl].c1ccc(-c2ccc([C+](c3ccccc3)c3ccccc3)cc2)cc1. The molecule has 32 heavy (non-hydrogen) atoms. The monoisotopic (exact) mass is 650 g/mol. The van der Waals surface area contributed by atoms with Gasteiger partial charge in [0, 0.05) is 0 Å². The maximum atomic E-state index is 5.05. The van der Waals surface area contributed by atoms with E-state index in [1.807, 2.05) is 0 Å². The Kier molecular flexibility index (Phi) is 10.5. The van der Waals surface area contributed by atoms with Crippen LogP contribution in [0.25, 0.3) is 11.1 Å². The molecular formula is C25H19Cl6Sb. The normalized spacial score (nSPS) is 11.7. The summed E-state index contributed by atoms with van der Waals surface area (Å²) in [6, 6.07) is 40.5. The second kappa shape index (κ2) is 12.1. The van der Waals surface area contributed by atoms with Gasteiger partial charge in [-0.2, -0.15) is 0 Å². The van der Waals surface area contributed by atoms with Crippen LogP contribution in [0.2, 0.25) is 0 Å². The van der Waals surface area contributed by atoms with Gasteiger partial charge >= 0.3 is 55.8 Å². The van der Waals surface area contributed by atoms with Gasteiger partial charge in [0.25, 0.3) is 0 Å². The van der Waals surface area contributed by atoms with Crippen LogP contribution in [0.3, 0.4) is 0 Å². The minimum atomic E-state index is -4.33. The predicted octanol–water partition coefficient (Wildman–Crippen LogP) is 6.44. The van der Waals surface area contributed by atoms with Crippen LogP contribution in [0.1, 0.15) is 16.7 Å². The van der Waals surface area contributed by atoms with E-state index in [-0.39, 0.29) is 12.4 Å². The summed E-state index contributed by atoms with van der Waals surface area (Å²) in [6.45, 7) is 0. The van der Waals surface area contributed by atoms with Crippen LogP contribution in [-0.4, -0.2) is 11.7 Å². The fourth-order valence-corrected chi connectivity index (χ4v) is 3.17. The first-order valence-electron chi connectivity index (χ1n) is 9.40. The van der Waals surface area contributed by atoms with Crippen LogP contribution in [0.5, 0.6) is 0 Å². The van der Waals surface area contributed by atoms with E-state index in [0.717, 1.165) is 0 Å². The van der Waals surface area contributed by atoms with Gasteiger partial charge in [-0.15, -0.1) is 0 Å². The summed E-state index contributed by atoms with van der Waals surface area (Å²) >= 11 is -4.33. The van der Waals surface area contributed by atoms with Crippen molar-refractivity contribution >= 4 is 55.8 Å². The first kappa shape index (κ1) is 27.6. The summed E-state index contributed by atoms with van der Waals surface area (Å²) in [4.78, 5) is 0. The maximum Gasteiger partial charge on any atom is 0.0631 e. The third-order valence-corrected chi connectivity index (χ3v) is 4.41. The molecule has 0 nitrogen and oxygen atoms in total. The standard InChI is InChI=1S/C25H19.6ClH.Sb/c1-4-10-20(11-5-1)21-16-18-24(19-17-21)25(22-12-6-2-7-13-22)23-14-8-3-9-15-23;;;;;;;/h1-19H;6*1H;/q+1;;;;;;;+5/p-6. The topological polar surface area (TPSA) is 0 Å². The quantitative estimate of drug-likeness (QED) is 0.135. The van der Waals surface area contributed by atoms with E-state index in [1.54, 1.807) is 0 Å². The van der Waals surface area contributed by atoms with Crippen molar-refractivity contribution < 1.29 is 12.4 Å². The zero-order valence-corrected chi connectivity index (χ0v) is 23.8. The molecule has 0 heterocycles. The molecular weight excluding hydrogens is 635 g/mol. The zero-order valence-electron chi connectivity index (χ0n) is 16.7. The van der Waals surface area contributed by atoms with Crippen LogP contribution in [0.15, 0.2) is 115 Å². The smallest absolute Gasteiger partial charge is 0.0622 e. The average molecular weight is 654 g/mol. The second-order valence-corrected chi connectivity index (χ2v) is 44.6. The van der Waals surface area contributed by atoms with Gasteiger partial charge in [-0.05, 0) is 83.9 Å². The molecule has 0 atom stereocenters. The minimum Gasteiger partial charge on any atom is -0.0622 e. The van der Waals surface area contributed by atoms with E-state index in [2.05, 4.69) is 115 Å². The Morgan fingerprint density at radius 1 is 0.406 bits per heavy atom. The van der Waals surface area contributed by atoms with Gasteiger partial charge in [-0.1, -0.05) is 42.5 Å². The zero-order chi connectivity index (χ0) is 22.3. The van der Waals surface area contributed by atoms with E-state index in [9.17, 15) is 0 Å². The second-order valence-electron chi connectivity index (χ2n) is 6.69. The van der Waals surface area contributed by atoms with Crippen LogP contribution in [0, 0.1) is 5.92 Å². The molecule has 0 saturated carbocycles. The van der Waals surface area contributed by atoms with Crippen LogP contribution in [0.4, 0.5) is 0 Å². The Balaban J connectivity index is 0.000000461. The van der Waals surface area contributed by atoms with Crippen molar-refractivity contribution in [3.05, 3.63) is 138 Å². The molecule has 0 saturated heterocycles. The molecule has 4 aromatic rings.